The first-order valence-corrected chi connectivity index (χ1v) is 11.3. The van der Waals surface area contributed by atoms with Crippen molar-refractivity contribution in [1.29, 1.82) is 0 Å². The van der Waals surface area contributed by atoms with E-state index in [0.29, 0.717) is 24.1 Å². The van der Waals surface area contributed by atoms with E-state index in [1.54, 1.807) is 7.11 Å². The molecule has 1 saturated heterocycles. The quantitative estimate of drug-likeness (QED) is 0.706. The number of aromatic nitrogens is 2. The van der Waals surface area contributed by atoms with Crippen molar-refractivity contribution in [3.8, 4) is 0 Å². The highest BCUT2D eigenvalue weighted by atomic mass is 35.5. The van der Waals surface area contributed by atoms with Crippen LogP contribution in [0.4, 0.5) is 11.8 Å². The third-order valence-corrected chi connectivity index (χ3v) is 6.99. The predicted molar refractivity (Wildman–Crippen MR) is 126 cm³/mol. The molecule has 1 aromatic carbocycles. The summed E-state index contributed by atoms with van der Waals surface area (Å²) in [7, 11) is 1.70. The molecule has 3 heterocycles. The van der Waals surface area contributed by atoms with E-state index in [1.807, 2.05) is 30.5 Å². The van der Waals surface area contributed by atoms with E-state index in [4.69, 9.17) is 21.3 Å². The summed E-state index contributed by atoms with van der Waals surface area (Å²) in [6, 6.07) is 7.83. The Labute approximate surface area is 188 Å². The van der Waals surface area contributed by atoms with Crippen LogP contribution in [-0.2, 0) is 4.74 Å². The highest BCUT2D eigenvalue weighted by molar-refractivity contribution is 6.33. The molecule has 2 unspecified atom stereocenters. The van der Waals surface area contributed by atoms with Gasteiger partial charge in [0.05, 0.1) is 6.61 Å². The standard InChI is InChI=1S/C24H28ClN5O/c1-16-21(20-8-3-4-9-22(20)25)12-19-13-26-24(27-23(19)30(16)10-11-31-2)28-29-14-17-6-5-7-18(17)15-29/h3-4,8-9,12-13,17-18H,1,5-7,10-11,14-15H2,2H3,(H,26,27,28). The second-order valence-corrected chi connectivity index (χ2v) is 8.98. The van der Waals surface area contributed by atoms with E-state index < -0.39 is 0 Å². The summed E-state index contributed by atoms with van der Waals surface area (Å²) in [5.41, 5.74) is 7.18. The Balaban J connectivity index is 1.45. The Kier molecular flexibility index (Phi) is 5.69. The van der Waals surface area contributed by atoms with Crippen molar-refractivity contribution in [1.82, 2.24) is 15.0 Å². The third-order valence-electron chi connectivity index (χ3n) is 6.66. The minimum Gasteiger partial charge on any atom is -0.383 e. The Morgan fingerprint density at radius 2 is 2.00 bits per heavy atom. The molecule has 1 aromatic heterocycles. The highest BCUT2D eigenvalue weighted by Gasteiger charge is 2.36. The first kappa shape index (κ1) is 20.5. The minimum atomic E-state index is 0.566. The average molecular weight is 438 g/mol. The number of ether oxygens (including phenoxy) is 1. The van der Waals surface area contributed by atoms with Crippen molar-refractivity contribution in [2.75, 3.05) is 43.7 Å². The third kappa shape index (κ3) is 3.95. The summed E-state index contributed by atoms with van der Waals surface area (Å²) in [6.07, 6.45) is 8.01. The van der Waals surface area contributed by atoms with Gasteiger partial charge in [0.1, 0.15) is 5.82 Å². The Bertz CT molecular complexity index is 1010. The van der Waals surface area contributed by atoms with Crippen LogP contribution in [0.5, 0.6) is 0 Å². The fourth-order valence-corrected chi connectivity index (χ4v) is 5.31. The average Bonchev–Trinajstić information content (AvgIpc) is 3.35. The summed E-state index contributed by atoms with van der Waals surface area (Å²) in [5, 5.41) is 2.97. The van der Waals surface area contributed by atoms with Gasteiger partial charge in [0, 0.05) is 60.4 Å². The van der Waals surface area contributed by atoms with Gasteiger partial charge in [-0.2, -0.15) is 4.98 Å². The van der Waals surface area contributed by atoms with Crippen molar-refractivity contribution in [3.05, 3.63) is 58.9 Å². The Morgan fingerprint density at radius 1 is 1.23 bits per heavy atom. The van der Waals surface area contributed by atoms with Crippen molar-refractivity contribution < 1.29 is 4.74 Å². The molecule has 1 N–H and O–H groups in total. The van der Waals surface area contributed by atoms with Crippen LogP contribution in [0.1, 0.15) is 30.4 Å². The Hall–Kier alpha value is -2.41. The highest BCUT2D eigenvalue weighted by Crippen LogP contribution is 2.40. The summed E-state index contributed by atoms with van der Waals surface area (Å²) in [4.78, 5) is 11.6. The topological polar surface area (TPSA) is 53.5 Å². The van der Waals surface area contributed by atoms with Crippen LogP contribution >= 0.6 is 11.6 Å². The SMILES string of the molecule is C=C1C(c2ccccc2Cl)=Cc2cnc(NN3CC4CCCC4C3)nc2N1CCOC. The first-order valence-electron chi connectivity index (χ1n) is 10.9. The van der Waals surface area contributed by atoms with Gasteiger partial charge in [-0.1, -0.05) is 42.8 Å². The van der Waals surface area contributed by atoms with E-state index in [9.17, 15) is 0 Å². The minimum absolute atomic E-state index is 0.566. The van der Waals surface area contributed by atoms with Crippen LogP contribution in [0.25, 0.3) is 11.6 Å². The molecule has 0 amide bonds. The number of anilines is 2. The molecule has 2 aliphatic heterocycles. The van der Waals surface area contributed by atoms with Gasteiger partial charge in [-0.25, -0.2) is 9.99 Å². The molecule has 7 heteroatoms. The lowest BCUT2D eigenvalue weighted by atomic mass is 9.96. The van der Waals surface area contributed by atoms with E-state index >= 15 is 0 Å². The second kappa shape index (κ2) is 8.61. The molecule has 2 fully saturated rings. The fourth-order valence-electron chi connectivity index (χ4n) is 5.07. The molecule has 0 radical (unpaired) electrons. The van der Waals surface area contributed by atoms with Crippen LogP contribution in [-0.4, -0.2) is 48.3 Å². The molecule has 1 saturated carbocycles. The lowest BCUT2D eigenvalue weighted by molar-refractivity contribution is 0.206. The van der Waals surface area contributed by atoms with Gasteiger partial charge in [0.15, 0.2) is 0 Å². The second-order valence-electron chi connectivity index (χ2n) is 8.57. The van der Waals surface area contributed by atoms with Gasteiger partial charge in [-0.15, -0.1) is 0 Å². The summed E-state index contributed by atoms with van der Waals surface area (Å²) < 4.78 is 5.36. The molecule has 31 heavy (non-hydrogen) atoms. The lowest BCUT2D eigenvalue weighted by Gasteiger charge is -2.32. The number of hydrazine groups is 1. The van der Waals surface area contributed by atoms with Gasteiger partial charge in [0.2, 0.25) is 5.95 Å². The largest absolute Gasteiger partial charge is 0.383 e. The van der Waals surface area contributed by atoms with E-state index in [1.165, 1.54) is 19.3 Å². The van der Waals surface area contributed by atoms with E-state index in [-0.39, 0.29) is 0 Å². The fraction of sp³-hybridized carbons (Fsp3) is 0.417. The number of benzene rings is 1. The van der Waals surface area contributed by atoms with Gasteiger partial charge < -0.3 is 9.64 Å². The number of hydrogen-bond acceptors (Lipinski definition) is 6. The van der Waals surface area contributed by atoms with Gasteiger partial charge in [-0.3, -0.25) is 5.43 Å². The van der Waals surface area contributed by atoms with Gasteiger partial charge >= 0.3 is 0 Å². The number of halogens is 1. The van der Waals surface area contributed by atoms with Gasteiger partial charge in [0.25, 0.3) is 0 Å². The van der Waals surface area contributed by atoms with Crippen LogP contribution in [0.2, 0.25) is 5.02 Å². The molecule has 0 bridgehead atoms. The number of nitrogens with zero attached hydrogens (tertiary/aromatic N) is 4. The van der Waals surface area contributed by atoms with Gasteiger partial charge in [-0.05, 0) is 36.8 Å². The molecule has 6 nitrogen and oxygen atoms in total. The molecule has 2 aromatic rings. The maximum absolute atomic E-state index is 6.49. The van der Waals surface area contributed by atoms with Crippen molar-refractivity contribution in [2.24, 2.45) is 11.8 Å². The molecule has 1 aliphatic carbocycles. The molecule has 162 valence electrons. The number of methoxy groups -OCH3 is 1. The summed E-state index contributed by atoms with van der Waals surface area (Å²) in [5.74, 6) is 3.09. The van der Waals surface area contributed by atoms with Crippen LogP contribution in [0.15, 0.2) is 42.7 Å². The molecular weight excluding hydrogens is 410 g/mol. The maximum atomic E-state index is 6.49. The van der Waals surface area contributed by atoms with Crippen molar-refractivity contribution >= 4 is 35.0 Å². The molecular formula is C24H28ClN5O. The maximum Gasteiger partial charge on any atom is 0.239 e. The normalized spacial score (nSPS) is 23.0. The smallest absolute Gasteiger partial charge is 0.239 e. The van der Waals surface area contributed by atoms with E-state index in [2.05, 4.69) is 33.0 Å². The van der Waals surface area contributed by atoms with E-state index in [0.717, 1.165) is 53.1 Å². The molecule has 5 rings (SSSR count). The van der Waals surface area contributed by atoms with Crippen molar-refractivity contribution in [3.63, 3.8) is 0 Å². The summed E-state index contributed by atoms with van der Waals surface area (Å²) in [6.45, 7) is 7.73. The summed E-state index contributed by atoms with van der Waals surface area (Å²) >= 11 is 6.49. The first-order chi connectivity index (χ1) is 15.1. The Morgan fingerprint density at radius 3 is 2.74 bits per heavy atom. The number of fused-ring (bicyclic) bond motifs is 2. The molecule has 3 aliphatic rings. The van der Waals surface area contributed by atoms with Crippen LogP contribution in [0.3, 0.4) is 0 Å². The monoisotopic (exact) mass is 437 g/mol. The zero-order valence-corrected chi connectivity index (χ0v) is 18.6. The zero-order valence-electron chi connectivity index (χ0n) is 17.9. The number of allylic oxidation sites excluding steroid dienone is 1. The van der Waals surface area contributed by atoms with Crippen molar-refractivity contribution in [2.45, 2.75) is 19.3 Å². The molecule has 0 spiro atoms. The number of nitrogens with one attached hydrogen (secondary N) is 1. The zero-order chi connectivity index (χ0) is 21.4. The van der Waals surface area contributed by atoms with Crippen LogP contribution < -0.4 is 10.3 Å². The lowest BCUT2D eigenvalue weighted by Crippen LogP contribution is -2.32. The predicted octanol–water partition coefficient (Wildman–Crippen LogP) is 4.71. The molecule has 2 atom stereocenters. The van der Waals surface area contributed by atoms with Crippen LogP contribution in [0, 0.1) is 11.8 Å². The number of hydrogen-bond donors (Lipinski definition) is 1. The number of rotatable bonds is 6.